The van der Waals surface area contributed by atoms with E-state index in [1.165, 1.54) is 12.8 Å². The maximum Gasteiger partial charge on any atom is 0.336 e. The Labute approximate surface area is 126 Å². The lowest BCUT2D eigenvalue weighted by atomic mass is 9.65. The van der Waals surface area contributed by atoms with Crippen molar-refractivity contribution >= 4 is 24.3 Å². The van der Waals surface area contributed by atoms with Gasteiger partial charge < -0.3 is 9.47 Å². The second-order valence-corrected chi connectivity index (χ2v) is 6.41. The summed E-state index contributed by atoms with van der Waals surface area (Å²) in [6, 6.07) is 0. The van der Waals surface area contributed by atoms with Gasteiger partial charge in [0.25, 0.3) is 0 Å². The molecule has 2 unspecified atom stereocenters. The maximum atomic E-state index is 11.9. The summed E-state index contributed by atoms with van der Waals surface area (Å²) in [7, 11) is 0. The van der Waals surface area contributed by atoms with E-state index >= 15 is 0 Å². The highest BCUT2D eigenvalue weighted by atomic mass is 35.5. The van der Waals surface area contributed by atoms with Crippen molar-refractivity contribution in [2.75, 3.05) is 6.79 Å². The zero-order chi connectivity index (χ0) is 14.0. The second-order valence-electron chi connectivity index (χ2n) is 6.41. The molecule has 0 aromatic heterocycles. The molecule has 0 bridgehead atoms. The van der Waals surface area contributed by atoms with Gasteiger partial charge in [-0.3, -0.25) is 4.79 Å². The quantitative estimate of drug-likeness (QED) is 0.593. The van der Waals surface area contributed by atoms with Crippen molar-refractivity contribution in [2.45, 2.75) is 46.5 Å². The van der Waals surface area contributed by atoms with Gasteiger partial charge >= 0.3 is 11.9 Å². The van der Waals surface area contributed by atoms with Gasteiger partial charge in [0.1, 0.15) is 0 Å². The van der Waals surface area contributed by atoms with Crippen LogP contribution in [0.3, 0.4) is 0 Å². The monoisotopic (exact) mass is 302 g/mol. The first kappa shape index (κ1) is 17.0. The predicted molar refractivity (Wildman–Crippen MR) is 77.3 cm³/mol. The van der Waals surface area contributed by atoms with Crippen LogP contribution in [0, 0.1) is 17.3 Å². The number of esters is 2. The van der Waals surface area contributed by atoms with E-state index in [-0.39, 0.29) is 31.1 Å². The molecule has 2 rings (SSSR count). The van der Waals surface area contributed by atoms with Crippen molar-refractivity contribution in [3.63, 3.8) is 0 Å². The molecule has 2 aliphatic rings. The topological polar surface area (TPSA) is 52.6 Å². The molecule has 4 nitrogen and oxygen atoms in total. The molecule has 0 spiro atoms. The van der Waals surface area contributed by atoms with E-state index in [4.69, 9.17) is 9.47 Å². The van der Waals surface area contributed by atoms with Gasteiger partial charge in [0.15, 0.2) is 0 Å². The van der Waals surface area contributed by atoms with E-state index < -0.39 is 5.41 Å². The van der Waals surface area contributed by atoms with Gasteiger partial charge in [0.2, 0.25) is 6.79 Å². The molecule has 0 aromatic carbocycles. The van der Waals surface area contributed by atoms with Crippen molar-refractivity contribution in [2.24, 2.45) is 17.3 Å². The SMILES string of the molecule is CC(C)(C)C(=O)OCOC(=O)C1=CCCC2CCC12.Cl. The fraction of sp³-hybridized carbons (Fsp3) is 0.733. The van der Waals surface area contributed by atoms with Crippen LogP contribution in [-0.4, -0.2) is 18.7 Å². The average Bonchev–Trinajstić information content (AvgIpc) is 2.28. The van der Waals surface area contributed by atoms with Crippen LogP contribution in [0.25, 0.3) is 0 Å². The van der Waals surface area contributed by atoms with Crippen LogP contribution in [0.1, 0.15) is 46.5 Å². The summed E-state index contributed by atoms with van der Waals surface area (Å²) >= 11 is 0. The standard InChI is InChI=1S/C15H22O4.ClH/c1-15(2,3)14(17)19-9-18-13(16)12-6-4-5-10-7-8-11(10)12;/h6,10-11H,4-5,7-9H2,1-3H3;1H. The van der Waals surface area contributed by atoms with Crippen LogP contribution in [0.5, 0.6) is 0 Å². The normalized spacial score (nSPS) is 24.4. The first-order valence-corrected chi connectivity index (χ1v) is 6.94. The molecule has 1 fully saturated rings. The zero-order valence-electron chi connectivity index (χ0n) is 12.3. The van der Waals surface area contributed by atoms with Gasteiger partial charge in [0.05, 0.1) is 5.41 Å². The number of allylic oxidation sites excluding steroid dienone is 1. The van der Waals surface area contributed by atoms with Crippen LogP contribution in [0.4, 0.5) is 0 Å². The highest BCUT2D eigenvalue weighted by Gasteiger charge is 2.38. The Balaban J connectivity index is 0.00000200. The Morgan fingerprint density at radius 2 is 1.90 bits per heavy atom. The molecule has 0 N–H and O–H groups in total. The first-order chi connectivity index (χ1) is 8.89. The van der Waals surface area contributed by atoms with Gasteiger partial charge in [-0.25, -0.2) is 4.79 Å². The molecule has 1 saturated carbocycles. The van der Waals surface area contributed by atoms with Crippen molar-refractivity contribution in [1.82, 2.24) is 0 Å². The number of rotatable bonds is 3. The van der Waals surface area contributed by atoms with E-state index in [2.05, 4.69) is 0 Å². The van der Waals surface area contributed by atoms with Crippen LogP contribution in [0.2, 0.25) is 0 Å². The fourth-order valence-corrected chi connectivity index (χ4v) is 2.60. The summed E-state index contributed by atoms with van der Waals surface area (Å²) in [6.45, 7) is 5.00. The number of ether oxygens (including phenoxy) is 2. The zero-order valence-corrected chi connectivity index (χ0v) is 13.1. The Morgan fingerprint density at radius 3 is 2.45 bits per heavy atom. The Morgan fingerprint density at radius 1 is 1.20 bits per heavy atom. The Bertz CT molecular complexity index is 409. The van der Waals surface area contributed by atoms with Gasteiger partial charge in [0, 0.05) is 5.57 Å². The van der Waals surface area contributed by atoms with Gasteiger partial charge in [-0.1, -0.05) is 6.08 Å². The van der Waals surface area contributed by atoms with E-state index in [0.717, 1.165) is 18.4 Å². The van der Waals surface area contributed by atoms with Crippen molar-refractivity contribution in [3.8, 4) is 0 Å². The molecule has 2 aliphatic carbocycles. The molecule has 114 valence electrons. The summed E-state index contributed by atoms with van der Waals surface area (Å²) in [6.07, 6.45) is 6.41. The minimum absolute atomic E-state index is 0. The summed E-state index contributed by atoms with van der Waals surface area (Å²) < 4.78 is 9.99. The molecule has 2 atom stereocenters. The Hall–Kier alpha value is -1.03. The van der Waals surface area contributed by atoms with E-state index in [9.17, 15) is 9.59 Å². The molecule has 0 amide bonds. The van der Waals surface area contributed by atoms with Crippen molar-refractivity contribution < 1.29 is 19.1 Å². The van der Waals surface area contributed by atoms with Crippen molar-refractivity contribution in [3.05, 3.63) is 11.6 Å². The minimum atomic E-state index is -0.574. The number of carbonyl (C=O) groups is 2. The molecule has 0 radical (unpaired) electrons. The minimum Gasteiger partial charge on any atom is -0.427 e. The lowest BCUT2D eigenvalue weighted by molar-refractivity contribution is -0.171. The molecule has 20 heavy (non-hydrogen) atoms. The third kappa shape index (κ3) is 3.75. The lowest BCUT2D eigenvalue weighted by Crippen LogP contribution is -2.34. The molecule has 0 aliphatic heterocycles. The molecule has 5 heteroatoms. The van der Waals surface area contributed by atoms with Gasteiger partial charge in [-0.15, -0.1) is 12.4 Å². The third-order valence-corrected chi connectivity index (χ3v) is 3.95. The van der Waals surface area contributed by atoms with Crippen LogP contribution < -0.4 is 0 Å². The smallest absolute Gasteiger partial charge is 0.336 e. The Kier molecular flexibility index (Phi) is 5.63. The summed E-state index contributed by atoms with van der Waals surface area (Å²) in [5.41, 5.74) is 0.213. The lowest BCUT2D eigenvalue weighted by Gasteiger charge is -2.40. The number of hydrogen-bond donors (Lipinski definition) is 0. The van der Waals surface area contributed by atoms with Crippen LogP contribution in [0.15, 0.2) is 11.6 Å². The van der Waals surface area contributed by atoms with Gasteiger partial charge in [-0.2, -0.15) is 0 Å². The second kappa shape index (κ2) is 6.61. The predicted octanol–water partition coefficient (Wildman–Crippen LogP) is 3.24. The number of fused-ring (bicyclic) bond motifs is 1. The molecular weight excluding hydrogens is 280 g/mol. The summed E-state index contributed by atoms with van der Waals surface area (Å²) in [4.78, 5) is 23.5. The number of carbonyl (C=O) groups excluding carboxylic acids is 2. The van der Waals surface area contributed by atoms with E-state index in [1.807, 2.05) is 6.08 Å². The average molecular weight is 303 g/mol. The summed E-state index contributed by atoms with van der Waals surface area (Å²) in [5, 5.41) is 0. The molecular formula is C15H23ClO4. The molecule has 0 saturated heterocycles. The van der Waals surface area contributed by atoms with Crippen molar-refractivity contribution in [1.29, 1.82) is 0 Å². The first-order valence-electron chi connectivity index (χ1n) is 6.94. The molecule has 0 heterocycles. The number of hydrogen-bond acceptors (Lipinski definition) is 4. The maximum absolute atomic E-state index is 11.9. The highest BCUT2D eigenvalue weighted by Crippen LogP contribution is 2.45. The van der Waals surface area contributed by atoms with Crippen LogP contribution in [-0.2, 0) is 19.1 Å². The van der Waals surface area contributed by atoms with E-state index in [1.54, 1.807) is 20.8 Å². The highest BCUT2D eigenvalue weighted by molar-refractivity contribution is 5.89. The van der Waals surface area contributed by atoms with Crippen LogP contribution >= 0.6 is 12.4 Å². The molecule has 0 aromatic rings. The fourth-order valence-electron chi connectivity index (χ4n) is 2.60. The number of halogens is 1. The van der Waals surface area contributed by atoms with E-state index in [0.29, 0.717) is 11.8 Å². The van der Waals surface area contributed by atoms with Gasteiger partial charge in [-0.05, 0) is 58.3 Å². The largest absolute Gasteiger partial charge is 0.427 e. The third-order valence-electron chi connectivity index (χ3n) is 3.95. The summed E-state index contributed by atoms with van der Waals surface area (Å²) in [5.74, 6) is 0.347.